The van der Waals surface area contributed by atoms with E-state index >= 15 is 0 Å². The van der Waals surface area contributed by atoms with Crippen molar-refractivity contribution in [2.45, 2.75) is 37.8 Å². The molecule has 1 saturated heterocycles. The van der Waals surface area contributed by atoms with Gasteiger partial charge in [-0.25, -0.2) is 0 Å². The van der Waals surface area contributed by atoms with Crippen molar-refractivity contribution in [1.82, 2.24) is 5.32 Å². The Morgan fingerprint density at radius 1 is 1.20 bits per heavy atom. The predicted octanol–water partition coefficient (Wildman–Crippen LogP) is 2.36. The quantitative estimate of drug-likeness (QED) is 0.840. The minimum atomic E-state index is -0.472. The maximum atomic E-state index is 12.7. The van der Waals surface area contributed by atoms with Crippen LogP contribution in [0.25, 0.3) is 0 Å². The third kappa shape index (κ3) is 3.14. The highest BCUT2D eigenvalue weighted by Gasteiger charge is 2.50. The van der Waals surface area contributed by atoms with Gasteiger partial charge in [-0.05, 0) is 49.7 Å². The molecule has 0 aromatic heterocycles. The van der Waals surface area contributed by atoms with Gasteiger partial charge in [0.1, 0.15) is 6.04 Å². The predicted molar refractivity (Wildman–Crippen MR) is 99.9 cm³/mol. The summed E-state index contributed by atoms with van der Waals surface area (Å²) in [6.45, 7) is 0.566. The van der Waals surface area contributed by atoms with Crippen LogP contribution < -0.4 is 16.0 Å². The van der Waals surface area contributed by atoms with E-state index in [-0.39, 0.29) is 36.2 Å². The Morgan fingerprint density at radius 3 is 2.60 bits per heavy atom. The molecular weight excluding hydrogens is 361 g/mol. The molecule has 3 aliphatic rings. The molecule has 2 bridgehead atoms. The van der Waals surface area contributed by atoms with E-state index in [2.05, 4.69) is 5.32 Å². The lowest BCUT2D eigenvalue weighted by Crippen LogP contribution is -2.50. The van der Waals surface area contributed by atoms with Crippen molar-refractivity contribution in [2.24, 2.45) is 23.5 Å². The zero-order chi connectivity index (χ0) is 16.8. The minimum Gasteiger partial charge on any atom is -0.344 e. The van der Waals surface area contributed by atoms with E-state index < -0.39 is 6.04 Å². The first-order valence-electron chi connectivity index (χ1n) is 8.68. The molecule has 5 unspecified atom stereocenters. The largest absolute Gasteiger partial charge is 0.344 e. The smallest absolute Gasteiger partial charge is 0.249 e. The zero-order valence-electron chi connectivity index (χ0n) is 13.9. The molecule has 25 heavy (non-hydrogen) atoms. The Kier molecular flexibility index (Phi) is 5.28. The van der Waals surface area contributed by atoms with E-state index in [0.717, 1.165) is 19.3 Å². The standard InChI is InChI=1S/C18H22ClN3O2.ClH/c19-12-3-1-2-4-14(12)22-8-7-13(18(22)24)21-17(23)15-10-5-6-11(9-10)16(15)20;/h1-4,10-11,13,15-16H,5-9,20H2,(H,21,23);1H. The van der Waals surface area contributed by atoms with Gasteiger partial charge in [0.05, 0.1) is 16.6 Å². The number of rotatable bonds is 3. The van der Waals surface area contributed by atoms with Gasteiger partial charge in [0.25, 0.3) is 0 Å². The van der Waals surface area contributed by atoms with E-state index in [1.165, 1.54) is 0 Å². The third-order valence-electron chi connectivity index (χ3n) is 5.95. The first-order valence-corrected chi connectivity index (χ1v) is 9.06. The lowest BCUT2D eigenvalue weighted by Gasteiger charge is -2.28. The second-order valence-electron chi connectivity index (χ2n) is 7.23. The summed E-state index contributed by atoms with van der Waals surface area (Å²) >= 11 is 6.19. The summed E-state index contributed by atoms with van der Waals surface area (Å²) < 4.78 is 0. The zero-order valence-corrected chi connectivity index (χ0v) is 15.4. The SMILES string of the molecule is Cl.NC1C2CCC(C2)C1C(=O)NC1CCN(c2ccccc2Cl)C1=O. The molecule has 2 saturated carbocycles. The van der Waals surface area contributed by atoms with E-state index in [0.29, 0.717) is 35.5 Å². The van der Waals surface area contributed by atoms with Gasteiger partial charge >= 0.3 is 0 Å². The summed E-state index contributed by atoms with van der Waals surface area (Å²) in [6, 6.07) is 6.76. The number of halogens is 2. The lowest BCUT2D eigenvalue weighted by molar-refractivity contribution is -0.130. The molecule has 0 spiro atoms. The van der Waals surface area contributed by atoms with Crippen molar-refractivity contribution in [3.8, 4) is 0 Å². The van der Waals surface area contributed by atoms with Gasteiger partial charge in [-0.1, -0.05) is 23.7 Å². The van der Waals surface area contributed by atoms with Crippen LogP contribution in [0.1, 0.15) is 25.7 Å². The molecule has 5 atom stereocenters. The monoisotopic (exact) mass is 383 g/mol. The molecule has 1 aromatic rings. The summed E-state index contributed by atoms with van der Waals surface area (Å²) in [5.74, 6) is 0.596. The van der Waals surface area contributed by atoms with Crippen LogP contribution >= 0.6 is 24.0 Å². The van der Waals surface area contributed by atoms with Gasteiger partial charge in [0.15, 0.2) is 0 Å². The van der Waals surface area contributed by atoms with Gasteiger partial charge in [0, 0.05) is 12.6 Å². The molecule has 136 valence electrons. The molecule has 3 N–H and O–H groups in total. The van der Waals surface area contributed by atoms with Crippen LogP contribution in [0.5, 0.6) is 0 Å². The average Bonchev–Trinajstić information content (AvgIpc) is 3.24. The topological polar surface area (TPSA) is 75.4 Å². The van der Waals surface area contributed by atoms with Crippen molar-refractivity contribution in [1.29, 1.82) is 0 Å². The summed E-state index contributed by atoms with van der Waals surface area (Å²) in [5, 5.41) is 3.50. The Hall–Kier alpha value is -1.30. The molecule has 4 rings (SSSR count). The summed E-state index contributed by atoms with van der Waals surface area (Å²) in [5.41, 5.74) is 6.94. The first kappa shape index (κ1) is 18.5. The number of fused-ring (bicyclic) bond motifs is 2. The van der Waals surface area contributed by atoms with Crippen molar-refractivity contribution in [3.63, 3.8) is 0 Å². The molecule has 1 aromatic carbocycles. The van der Waals surface area contributed by atoms with E-state index in [1.807, 2.05) is 18.2 Å². The van der Waals surface area contributed by atoms with Crippen LogP contribution in [0.15, 0.2) is 24.3 Å². The number of amides is 2. The van der Waals surface area contributed by atoms with Crippen LogP contribution in [0.4, 0.5) is 5.69 Å². The molecule has 5 nitrogen and oxygen atoms in total. The lowest BCUT2D eigenvalue weighted by atomic mass is 9.84. The summed E-state index contributed by atoms with van der Waals surface area (Å²) in [4.78, 5) is 27.0. The van der Waals surface area contributed by atoms with Crippen LogP contribution in [0.3, 0.4) is 0 Å². The highest BCUT2D eigenvalue weighted by molar-refractivity contribution is 6.34. The molecule has 3 fully saturated rings. The van der Waals surface area contributed by atoms with Gasteiger partial charge in [-0.2, -0.15) is 0 Å². The molecule has 7 heteroatoms. The Morgan fingerprint density at radius 2 is 1.92 bits per heavy atom. The summed E-state index contributed by atoms with van der Waals surface area (Å²) in [6.07, 6.45) is 3.88. The van der Waals surface area contributed by atoms with Gasteiger partial charge < -0.3 is 16.0 Å². The number of benzene rings is 1. The van der Waals surface area contributed by atoms with Crippen molar-refractivity contribution >= 4 is 41.5 Å². The summed E-state index contributed by atoms with van der Waals surface area (Å²) in [7, 11) is 0. The van der Waals surface area contributed by atoms with E-state index in [9.17, 15) is 9.59 Å². The van der Waals surface area contributed by atoms with E-state index in [4.69, 9.17) is 17.3 Å². The Balaban J connectivity index is 0.00000182. The fourth-order valence-corrected chi connectivity index (χ4v) is 4.95. The highest BCUT2D eigenvalue weighted by atomic mass is 35.5. The molecule has 2 aliphatic carbocycles. The number of carbonyl (C=O) groups is 2. The molecule has 2 amide bonds. The fourth-order valence-electron chi connectivity index (χ4n) is 4.72. The van der Waals surface area contributed by atoms with Gasteiger partial charge in [-0.15, -0.1) is 12.4 Å². The van der Waals surface area contributed by atoms with Crippen molar-refractivity contribution < 1.29 is 9.59 Å². The highest BCUT2D eigenvalue weighted by Crippen LogP contribution is 2.47. The maximum Gasteiger partial charge on any atom is 0.249 e. The van der Waals surface area contributed by atoms with Crippen molar-refractivity contribution in [3.05, 3.63) is 29.3 Å². The second-order valence-corrected chi connectivity index (χ2v) is 7.63. The number of hydrogen-bond donors (Lipinski definition) is 2. The molecule has 0 radical (unpaired) electrons. The second kappa shape index (κ2) is 7.14. The van der Waals surface area contributed by atoms with Gasteiger partial charge in [0.2, 0.25) is 11.8 Å². The van der Waals surface area contributed by atoms with Crippen LogP contribution in [0, 0.1) is 17.8 Å². The fraction of sp³-hybridized carbons (Fsp3) is 0.556. The number of nitrogens with zero attached hydrogens (tertiary/aromatic N) is 1. The van der Waals surface area contributed by atoms with Gasteiger partial charge in [-0.3, -0.25) is 9.59 Å². The Labute approximate surface area is 158 Å². The normalized spacial score (nSPS) is 33.4. The Bertz CT molecular complexity index is 682. The number of anilines is 1. The first-order chi connectivity index (χ1) is 11.6. The average molecular weight is 384 g/mol. The number of hydrogen-bond acceptors (Lipinski definition) is 3. The van der Waals surface area contributed by atoms with Crippen LogP contribution in [0.2, 0.25) is 5.02 Å². The van der Waals surface area contributed by atoms with E-state index in [1.54, 1.807) is 11.0 Å². The molecule has 1 heterocycles. The number of carbonyl (C=O) groups excluding carboxylic acids is 2. The van der Waals surface area contributed by atoms with Crippen LogP contribution in [-0.2, 0) is 9.59 Å². The van der Waals surface area contributed by atoms with Crippen LogP contribution in [-0.4, -0.2) is 30.4 Å². The third-order valence-corrected chi connectivity index (χ3v) is 6.27. The number of nitrogens with one attached hydrogen (secondary N) is 1. The minimum absolute atomic E-state index is 0. The maximum absolute atomic E-state index is 12.7. The molecular formula is C18H23Cl2N3O2. The number of nitrogens with two attached hydrogens (primary N) is 1. The molecule has 1 aliphatic heterocycles. The number of para-hydroxylation sites is 1. The van der Waals surface area contributed by atoms with Crippen molar-refractivity contribution in [2.75, 3.05) is 11.4 Å².